The third-order valence-electron chi connectivity index (χ3n) is 5.41. The molecule has 0 spiro atoms. The van der Waals surface area contributed by atoms with Crippen molar-refractivity contribution >= 4 is 21.4 Å². The first-order valence-corrected chi connectivity index (χ1v) is 10.2. The van der Waals surface area contributed by atoms with Gasteiger partial charge < -0.3 is 14.1 Å². The highest BCUT2D eigenvalue weighted by molar-refractivity contribution is 7.17. The second-order valence-electron chi connectivity index (χ2n) is 7.38. The lowest BCUT2D eigenvalue weighted by Gasteiger charge is -2.14. The van der Waals surface area contributed by atoms with Crippen LogP contribution in [0.4, 0.5) is 8.78 Å². The molecule has 0 aromatic carbocycles. The molecule has 9 heteroatoms. The zero-order chi connectivity index (χ0) is 21.8. The summed E-state index contributed by atoms with van der Waals surface area (Å²) < 4.78 is 36.1. The molecule has 1 aliphatic carbocycles. The molecule has 0 amide bonds. The van der Waals surface area contributed by atoms with Crippen LogP contribution in [0.5, 0.6) is 11.6 Å². The van der Waals surface area contributed by atoms with Crippen molar-refractivity contribution in [2.75, 3.05) is 0 Å². The van der Waals surface area contributed by atoms with Crippen LogP contribution in [0.3, 0.4) is 0 Å². The Bertz CT molecular complexity index is 1430. The molecule has 6 nitrogen and oxygen atoms in total. The Balaban J connectivity index is 1.76. The highest BCUT2D eigenvalue weighted by Crippen LogP contribution is 2.51. The van der Waals surface area contributed by atoms with Gasteiger partial charge in [0.05, 0.1) is 23.3 Å². The second-order valence-corrected chi connectivity index (χ2v) is 8.29. The number of thiophene rings is 1. The van der Waals surface area contributed by atoms with E-state index in [-0.39, 0.29) is 11.4 Å². The molecule has 0 atom stereocenters. The molecule has 1 fully saturated rings. The molecule has 1 aliphatic rings. The van der Waals surface area contributed by atoms with Crippen molar-refractivity contribution in [3.05, 3.63) is 81.3 Å². The maximum atomic E-state index is 14.2. The van der Waals surface area contributed by atoms with Gasteiger partial charge in [0.1, 0.15) is 0 Å². The number of hydrogen-bond acceptors (Lipinski definition) is 5. The third kappa shape index (κ3) is 3.07. The average Bonchev–Trinajstić information content (AvgIpc) is 3.41. The first-order chi connectivity index (χ1) is 14.9. The summed E-state index contributed by atoms with van der Waals surface area (Å²) in [5, 5.41) is 2.32. The average molecular weight is 436 g/mol. The van der Waals surface area contributed by atoms with Crippen molar-refractivity contribution in [3.63, 3.8) is 0 Å². The fourth-order valence-corrected chi connectivity index (χ4v) is 4.45. The summed E-state index contributed by atoms with van der Waals surface area (Å²) in [5.41, 5.74) is 0.998. The van der Waals surface area contributed by atoms with E-state index in [4.69, 9.17) is 11.3 Å². The minimum absolute atomic E-state index is 0.0260. The fourth-order valence-electron chi connectivity index (χ4n) is 3.54. The lowest BCUT2D eigenvalue weighted by Crippen LogP contribution is -2.15. The van der Waals surface area contributed by atoms with Crippen molar-refractivity contribution in [1.29, 1.82) is 0 Å². The Morgan fingerprint density at radius 3 is 2.65 bits per heavy atom. The molecule has 4 aromatic rings. The van der Waals surface area contributed by atoms with Crippen molar-refractivity contribution in [1.82, 2.24) is 14.5 Å². The van der Waals surface area contributed by atoms with Crippen LogP contribution in [0.15, 0.2) is 47.1 Å². The van der Waals surface area contributed by atoms with Crippen LogP contribution in [-0.2, 0) is 12.6 Å². The molecule has 0 saturated heterocycles. The van der Waals surface area contributed by atoms with Gasteiger partial charge >= 0.3 is 0 Å². The zero-order valence-electron chi connectivity index (χ0n) is 16.2. The lowest BCUT2D eigenvalue weighted by molar-refractivity contribution is 0.393. The zero-order valence-corrected chi connectivity index (χ0v) is 17.0. The van der Waals surface area contributed by atoms with E-state index in [0.29, 0.717) is 39.6 Å². The lowest BCUT2D eigenvalue weighted by atomic mass is 10.0. The molecule has 0 radical (unpaired) electrons. The van der Waals surface area contributed by atoms with Gasteiger partial charge in [-0.2, -0.15) is 0 Å². The van der Waals surface area contributed by atoms with Crippen LogP contribution < -0.4 is 10.3 Å². The van der Waals surface area contributed by atoms with Gasteiger partial charge in [-0.1, -0.05) is 0 Å². The first-order valence-electron chi connectivity index (χ1n) is 9.37. The van der Waals surface area contributed by atoms with Crippen LogP contribution >= 0.6 is 11.3 Å². The molecule has 4 heterocycles. The summed E-state index contributed by atoms with van der Waals surface area (Å²) in [4.78, 5) is 24.0. The summed E-state index contributed by atoms with van der Waals surface area (Å²) in [5.74, 6) is -2.56. The van der Waals surface area contributed by atoms with Gasteiger partial charge in [0.2, 0.25) is 11.6 Å². The Morgan fingerprint density at radius 1 is 1.23 bits per heavy atom. The predicted octanol–water partition coefficient (Wildman–Crippen LogP) is 5.04. The van der Waals surface area contributed by atoms with Crippen LogP contribution in [0.2, 0.25) is 0 Å². The molecular weight excluding hydrogens is 422 g/mol. The highest BCUT2D eigenvalue weighted by atomic mass is 32.1. The van der Waals surface area contributed by atoms with Crippen LogP contribution in [0, 0.1) is 18.2 Å². The number of ether oxygens (including phenoxy) is 1. The van der Waals surface area contributed by atoms with Gasteiger partial charge in [0, 0.05) is 48.1 Å². The minimum atomic E-state index is -0.960. The smallest absolute Gasteiger partial charge is 0.259 e. The monoisotopic (exact) mass is 436 g/mol. The van der Waals surface area contributed by atoms with Gasteiger partial charge in [-0.15, -0.1) is 11.3 Å². The number of pyridine rings is 3. The van der Waals surface area contributed by atoms with Crippen molar-refractivity contribution in [2.24, 2.45) is 7.05 Å². The first kappa shape index (κ1) is 19.3. The van der Waals surface area contributed by atoms with Gasteiger partial charge in [-0.25, -0.2) is 20.3 Å². The largest absolute Gasteiger partial charge is 0.432 e. The Hall–Kier alpha value is -3.64. The van der Waals surface area contributed by atoms with E-state index in [2.05, 4.69) is 14.8 Å². The predicted molar refractivity (Wildman–Crippen MR) is 112 cm³/mol. The molecule has 0 unspecified atom stereocenters. The number of fused-ring (bicyclic) bond motifs is 1. The number of hydrogen-bond donors (Lipinski definition) is 0. The number of halogens is 2. The maximum Gasteiger partial charge on any atom is 0.259 e. The molecule has 0 bridgehead atoms. The number of aromatic nitrogens is 3. The molecule has 31 heavy (non-hydrogen) atoms. The maximum absolute atomic E-state index is 14.2. The quantitative estimate of drug-likeness (QED) is 0.421. The Morgan fingerprint density at radius 2 is 1.97 bits per heavy atom. The van der Waals surface area contributed by atoms with E-state index < -0.39 is 22.9 Å². The summed E-state index contributed by atoms with van der Waals surface area (Å²) in [6.45, 7) is 7.55. The van der Waals surface area contributed by atoms with E-state index in [1.54, 1.807) is 30.8 Å². The third-order valence-corrected chi connectivity index (χ3v) is 6.36. The molecular formula is C22H14F2N4O2S. The summed E-state index contributed by atoms with van der Waals surface area (Å²) in [6.07, 6.45) is 6.29. The minimum Gasteiger partial charge on any atom is -0.432 e. The standard InChI is InChI=1S/C22H14F2N4O2S/c1-25-22(4-5-22)12-7-14(15-11-28(2)21(29)13-3-6-31-19(13)15)20(27-8-12)30-18-16(23)9-26-10-17(18)24/h3,6-11H,4-5H2,2H3. The molecule has 4 aromatic heterocycles. The van der Waals surface area contributed by atoms with Crippen LogP contribution in [-0.4, -0.2) is 14.5 Å². The van der Waals surface area contributed by atoms with Gasteiger partial charge in [0.15, 0.2) is 11.6 Å². The Kier molecular flexibility index (Phi) is 4.34. The van der Waals surface area contributed by atoms with Gasteiger partial charge in [-0.05, 0) is 17.5 Å². The summed E-state index contributed by atoms with van der Waals surface area (Å²) >= 11 is 1.37. The second kappa shape index (κ2) is 6.96. The SMILES string of the molecule is [C-]#[N+]C1(c2cnc(Oc3c(F)cncc3F)c(-c3cn(C)c(=O)c4ccsc34)c2)CC1. The van der Waals surface area contributed by atoms with Crippen molar-refractivity contribution in [3.8, 4) is 22.8 Å². The number of nitrogens with zero attached hydrogens (tertiary/aromatic N) is 4. The van der Waals surface area contributed by atoms with E-state index in [9.17, 15) is 13.6 Å². The molecule has 154 valence electrons. The fraction of sp³-hybridized carbons (Fsp3) is 0.182. The van der Waals surface area contributed by atoms with E-state index in [1.807, 2.05) is 0 Å². The van der Waals surface area contributed by atoms with Gasteiger partial charge in [0.25, 0.3) is 11.1 Å². The number of rotatable bonds is 4. The van der Waals surface area contributed by atoms with Crippen molar-refractivity contribution in [2.45, 2.75) is 18.4 Å². The number of aryl methyl sites for hydroxylation is 1. The highest BCUT2D eigenvalue weighted by Gasteiger charge is 2.53. The normalized spacial score (nSPS) is 14.4. The van der Waals surface area contributed by atoms with Gasteiger partial charge in [-0.3, -0.25) is 9.78 Å². The molecule has 5 rings (SSSR count). The topological polar surface area (TPSA) is 61.4 Å². The van der Waals surface area contributed by atoms with E-state index >= 15 is 0 Å². The van der Waals surface area contributed by atoms with E-state index in [0.717, 1.165) is 12.4 Å². The van der Waals surface area contributed by atoms with Crippen LogP contribution in [0.25, 0.3) is 26.1 Å². The van der Waals surface area contributed by atoms with E-state index in [1.165, 1.54) is 22.1 Å². The molecule has 0 N–H and O–H groups in total. The molecule has 1 saturated carbocycles. The Labute approximate surface area is 179 Å². The molecule has 0 aliphatic heterocycles. The van der Waals surface area contributed by atoms with Crippen LogP contribution in [0.1, 0.15) is 18.4 Å². The summed E-state index contributed by atoms with van der Waals surface area (Å²) in [6, 6.07) is 3.50. The summed E-state index contributed by atoms with van der Waals surface area (Å²) in [7, 11) is 1.63. The van der Waals surface area contributed by atoms with Crippen molar-refractivity contribution < 1.29 is 13.5 Å².